The lowest BCUT2D eigenvalue weighted by molar-refractivity contribution is -0.124. The fraction of sp³-hybridized carbons (Fsp3) is 0.857. The summed E-state index contributed by atoms with van der Waals surface area (Å²) in [4.78, 5) is 0. The lowest BCUT2D eigenvalue weighted by Gasteiger charge is -2.23. The first kappa shape index (κ1) is 13.5. The molecule has 2 unspecified atom stereocenters. The predicted molar refractivity (Wildman–Crippen MR) is 35.6 cm³/mol. The van der Waals surface area contributed by atoms with Gasteiger partial charge in [0.2, 0.25) is 0 Å². The molecule has 0 aromatic heterocycles. The molecule has 0 aliphatic rings. The third kappa shape index (κ3) is 3.02. The molecule has 0 rings (SSSR count). The molecule has 1 radical (unpaired) electrons. The van der Waals surface area contributed by atoms with Gasteiger partial charge < -0.3 is 0 Å². The second kappa shape index (κ2) is 4.84. The van der Waals surface area contributed by atoms with Gasteiger partial charge in [-0.25, -0.2) is 30.7 Å². The van der Waals surface area contributed by atoms with Crippen molar-refractivity contribution in [3.63, 3.8) is 0 Å². The van der Waals surface area contributed by atoms with Gasteiger partial charge in [-0.2, -0.15) is 0 Å². The molecule has 0 saturated heterocycles. The minimum Gasteiger partial charge on any atom is -0.241 e. The SMILES string of the molecule is [CH2]CC(F)(F)[C@@H](F)C(F)C(F)C(F)F. The molecule has 0 fully saturated rings. The van der Waals surface area contributed by atoms with Gasteiger partial charge in [0, 0.05) is 6.42 Å². The summed E-state index contributed by atoms with van der Waals surface area (Å²) in [5.74, 6) is -4.24. The van der Waals surface area contributed by atoms with Crippen molar-refractivity contribution in [2.75, 3.05) is 0 Å². The Balaban J connectivity index is 4.45. The maximum Gasteiger partial charge on any atom is 0.281 e. The van der Waals surface area contributed by atoms with Crippen LogP contribution in [0.4, 0.5) is 30.7 Å². The second-order valence-electron chi connectivity index (χ2n) is 2.64. The summed E-state index contributed by atoms with van der Waals surface area (Å²) < 4.78 is 84.6. The highest BCUT2D eigenvalue weighted by Crippen LogP contribution is 2.31. The molecule has 3 atom stereocenters. The third-order valence-electron chi connectivity index (χ3n) is 1.56. The number of halogens is 7. The van der Waals surface area contributed by atoms with Crippen LogP contribution in [0, 0.1) is 6.92 Å². The van der Waals surface area contributed by atoms with E-state index in [9.17, 15) is 30.7 Å². The Kier molecular flexibility index (Phi) is 4.67. The van der Waals surface area contributed by atoms with Crippen molar-refractivity contribution >= 4 is 0 Å². The summed E-state index contributed by atoms with van der Waals surface area (Å²) in [5.41, 5.74) is 0. The van der Waals surface area contributed by atoms with Crippen LogP contribution in [-0.2, 0) is 0 Å². The molecule has 0 bridgehead atoms. The smallest absolute Gasteiger partial charge is 0.241 e. The van der Waals surface area contributed by atoms with Gasteiger partial charge in [-0.3, -0.25) is 0 Å². The van der Waals surface area contributed by atoms with E-state index in [0.29, 0.717) is 0 Å². The Labute approximate surface area is 76.1 Å². The third-order valence-corrected chi connectivity index (χ3v) is 1.56. The monoisotopic (exact) mass is 225 g/mol. The maximum atomic E-state index is 12.4. The summed E-state index contributed by atoms with van der Waals surface area (Å²) >= 11 is 0. The first-order chi connectivity index (χ1) is 6.24. The number of alkyl halides is 7. The molecule has 14 heavy (non-hydrogen) atoms. The summed E-state index contributed by atoms with van der Waals surface area (Å²) in [5, 5.41) is 0. The highest BCUT2D eigenvalue weighted by atomic mass is 19.3. The van der Waals surface area contributed by atoms with Crippen molar-refractivity contribution in [2.24, 2.45) is 0 Å². The molecule has 0 aliphatic carbocycles. The number of hydrogen-bond donors (Lipinski definition) is 0. The van der Waals surface area contributed by atoms with E-state index in [0.717, 1.165) is 0 Å². The van der Waals surface area contributed by atoms with Gasteiger partial charge in [-0.15, -0.1) is 0 Å². The van der Waals surface area contributed by atoms with Gasteiger partial charge in [0.25, 0.3) is 12.3 Å². The minimum atomic E-state index is -4.24. The molecule has 0 aromatic rings. The van der Waals surface area contributed by atoms with Crippen molar-refractivity contribution in [1.82, 2.24) is 0 Å². The zero-order valence-electron chi connectivity index (χ0n) is 6.87. The molecule has 0 aromatic carbocycles. The van der Waals surface area contributed by atoms with Crippen LogP contribution in [0.2, 0.25) is 0 Å². The lowest BCUT2D eigenvalue weighted by Crippen LogP contribution is -2.43. The Morgan fingerprint density at radius 1 is 0.929 bits per heavy atom. The molecule has 0 spiro atoms. The van der Waals surface area contributed by atoms with E-state index in [1.54, 1.807) is 0 Å². The van der Waals surface area contributed by atoms with Gasteiger partial charge in [-0.05, 0) is 6.92 Å². The van der Waals surface area contributed by atoms with Crippen LogP contribution in [0.25, 0.3) is 0 Å². The van der Waals surface area contributed by atoms with E-state index in [-0.39, 0.29) is 0 Å². The Morgan fingerprint density at radius 3 is 1.64 bits per heavy atom. The fourth-order valence-corrected chi connectivity index (χ4v) is 0.671. The van der Waals surface area contributed by atoms with Crippen molar-refractivity contribution in [3.05, 3.63) is 6.92 Å². The van der Waals surface area contributed by atoms with Crippen molar-refractivity contribution in [2.45, 2.75) is 37.3 Å². The Morgan fingerprint density at radius 2 is 1.36 bits per heavy atom. The number of rotatable bonds is 5. The fourth-order valence-electron chi connectivity index (χ4n) is 0.671. The summed E-state index contributed by atoms with van der Waals surface area (Å²) in [6, 6.07) is 0. The van der Waals surface area contributed by atoms with Crippen molar-refractivity contribution in [1.29, 1.82) is 0 Å². The highest BCUT2D eigenvalue weighted by Gasteiger charge is 2.49. The quantitative estimate of drug-likeness (QED) is 0.630. The van der Waals surface area contributed by atoms with Crippen LogP contribution in [0.1, 0.15) is 6.42 Å². The molecule has 0 amide bonds. The zero-order chi connectivity index (χ0) is 11.5. The van der Waals surface area contributed by atoms with Crippen LogP contribution in [0.5, 0.6) is 0 Å². The normalized spacial score (nSPS) is 19.5. The van der Waals surface area contributed by atoms with Gasteiger partial charge >= 0.3 is 0 Å². The van der Waals surface area contributed by atoms with E-state index in [1.807, 2.05) is 0 Å². The average Bonchev–Trinajstić information content (AvgIpc) is 2.14. The van der Waals surface area contributed by atoms with Crippen LogP contribution < -0.4 is 0 Å². The van der Waals surface area contributed by atoms with Crippen LogP contribution in [0.15, 0.2) is 0 Å². The zero-order valence-corrected chi connectivity index (χ0v) is 6.87. The predicted octanol–water partition coefficient (Wildman–Crippen LogP) is 3.13. The second-order valence-corrected chi connectivity index (χ2v) is 2.64. The molecule has 0 N–H and O–H groups in total. The van der Waals surface area contributed by atoms with Gasteiger partial charge in [-0.1, -0.05) is 0 Å². The summed E-state index contributed by atoms with van der Waals surface area (Å²) in [7, 11) is 0. The minimum absolute atomic E-state index is 1.33. The van der Waals surface area contributed by atoms with E-state index < -0.39 is 37.3 Å². The molecule has 7 heteroatoms. The first-order valence-corrected chi connectivity index (χ1v) is 3.61. The topological polar surface area (TPSA) is 0 Å². The van der Waals surface area contributed by atoms with E-state index in [2.05, 4.69) is 6.92 Å². The first-order valence-electron chi connectivity index (χ1n) is 3.61. The van der Waals surface area contributed by atoms with Crippen molar-refractivity contribution < 1.29 is 30.7 Å². The van der Waals surface area contributed by atoms with Gasteiger partial charge in [0.05, 0.1) is 0 Å². The van der Waals surface area contributed by atoms with E-state index in [4.69, 9.17) is 0 Å². The maximum absolute atomic E-state index is 12.4. The summed E-state index contributed by atoms with van der Waals surface area (Å²) in [6.45, 7) is 2.60. The van der Waals surface area contributed by atoms with Crippen LogP contribution >= 0.6 is 0 Å². The van der Waals surface area contributed by atoms with Crippen molar-refractivity contribution in [3.8, 4) is 0 Å². The van der Waals surface area contributed by atoms with Crippen LogP contribution in [0.3, 0.4) is 0 Å². The van der Waals surface area contributed by atoms with E-state index >= 15 is 0 Å². The highest BCUT2D eigenvalue weighted by molar-refractivity contribution is 4.88. The molecule has 85 valence electrons. The molecule has 0 heterocycles. The average molecular weight is 225 g/mol. The largest absolute Gasteiger partial charge is 0.281 e. The van der Waals surface area contributed by atoms with Gasteiger partial charge in [0.15, 0.2) is 18.5 Å². The standard InChI is InChI=1S/C7H8F7/c1-2-7(13,14)5(10)3(8)4(9)6(11)12/h3-6H,1-2H2/t3?,4?,5-/m0/s1. The van der Waals surface area contributed by atoms with E-state index in [1.165, 1.54) is 0 Å². The molecule has 0 nitrogen and oxygen atoms in total. The molecule has 0 saturated carbocycles. The molecule has 0 aliphatic heterocycles. The molecular weight excluding hydrogens is 217 g/mol. The lowest BCUT2D eigenvalue weighted by atomic mass is 10.0. The molecular formula is C7H8F7. The number of hydrogen-bond acceptors (Lipinski definition) is 0. The van der Waals surface area contributed by atoms with Crippen LogP contribution in [-0.4, -0.2) is 30.9 Å². The summed E-state index contributed by atoms with van der Waals surface area (Å²) in [6.07, 6.45) is -15.9. The Hall–Kier alpha value is -0.490. The Bertz CT molecular complexity index is 169. The van der Waals surface area contributed by atoms with Gasteiger partial charge in [0.1, 0.15) is 0 Å².